The molecule has 2 aromatic carbocycles. The third kappa shape index (κ3) is 7.15. The molecule has 0 bridgehead atoms. The van der Waals surface area contributed by atoms with Crippen molar-refractivity contribution in [2.45, 2.75) is 0 Å². The lowest BCUT2D eigenvalue weighted by Gasteiger charge is -2.08. The van der Waals surface area contributed by atoms with Crippen LogP contribution in [0, 0.1) is 0 Å². The predicted molar refractivity (Wildman–Crippen MR) is 124 cm³/mol. The Morgan fingerprint density at radius 3 is 2.29 bits per heavy atom. The van der Waals surface area contributed by atoms with Crippen LogP contribution < -0.4 is 5.01 Å². The van der Waals surface area contributed by atoms with Crippen LogP contribution >= 0.6 is 46.1 Å². The predicted octanol–water partition coefficient (Wildman–Crippen LogP) is 5.15. The van der Waals surface area contributed by atoms with E-state index < -0.39 is 16.5 Å². The summed E-state index contributed by atoms with van der Waals surface area (Å²) in [6.07, 6.45) is 1.51. The molecule has 0 aliphatic carbocycles. The molecule has 0 atom stereocenters. The molecule has 1 aromatic heterocycles. The molecule has 0 saturated heterocycles. The van der Waals surface area contributed by atoms with Crippen LogP contribution in [0.1, 0.15) is 15.9 Å². The van der Waals surface area contributed by atoms with Gasteiger partial charge in [-0.15, -0.1) is 11.3 Å². The van der Waals surface area contributed by atoms with E-state index in [-0.39, 0.29) is 5.56 Å². The minimum absolute atomic E-state index is 0.204. The van der Waals surface area contributed by atoms with Gasteiger partial charge < -0.3 is 5.11 Å². The van der Waals surface area contributed by atoms with Crippen molar-refractivity contribution < 1.29 is 19.5 Å². The summed E-state index contributed by atoms with van der Waals surface area (Å²) in [5.41, 5.74) is 2.37. The van der Waals surface area contributed by atoms with Gasteiger partial charge in [-0.05, 0) is 35.3 Å². The van der Waals surface area contributed by atoms with Gasteiger partial charge >= 0.3 is 16.5 Å². The zero-order valence-corrected chi connectivity index (χ0v) is 18.9. The Kier molecular flexibility index (Phi) is 9.14. The van der Waals surface area contributed by atoms with Gasteiger partial charge in [0, 0.05) is 28.6 Å². The Balaban J connectivity index is 0.000000501. The van der Waals surface area contributed by atoms with E-state index in [1.807, 2.05) is 29.6 Å². The molecule has 0 amide bonds. The van der Waals surface area contributed by atoms with Crippen LogP contribution in [0.25, 0.3) is 11.3 Å². The van der Waals surface area contributed by atoms with E-state index in [9.17, 15) is 19.5 Å². The van der Waals surface area contributed by atoms with E-state index in [0.717, 1.165) is 11.3 Å². The highest BCUT2D eigenvalue weighted by Gasteiger charge is 2.11. The number of benzene rings is 2. The van der Waals surface area contributed by atoms with Crippen molar-refractivity contribution >= 4 is 73.9 Å². The summed E-state index contributed by atoms with van der Waals surface area (Å²) in [5, 5.41) is 16.0. The molecule has 0 aliphatic rings. The fourth-order valence-electron chi connectivity index (χ4n) is 2.21. The number of hydrogen-bond acceptors (Lipinski definition) is 7. The van der Waals surface area contributed by atoms with Crippen LogP contribution in [-0.2, 0) is 9.59 Å². The van der Waals surface area contributed by atoms with Gasteiger partial charge in [-0.1, -0.05) is 48.0 Å². The first kappa shape index (κ1) is 24.5. The number of aromatic nitrogens is 1. The lowest BCUT2D eigenvalue weighted by Crippen LogP contribution is -2.09. The van der Waals surface area contributed by atoms with Crippen molar-refractivity contribution in [3.05, 3.63) is 70.1 Å². The van der Waals surface area contributed by atoms with Gasteiger partial charge in [0.1, 0.15) is 0 Å². The molecule has 11 heteroatoms. The summed E-state index contributed by atoms with van der Waals surface area (Å²) in [7, 11) is 1.76. The molecular formula is C20H14Cl3N3O4S. The number of carboxylic acid groups (broad SMARTS) is 1. The van der Waals surface area contributed by atoms with Gasteiger partial charge in [0.2, 0.25) is 5.13 Å². The Morgan fingerprint density at radius 1 is 1.06 bits per heavy atom. The molecule has 0 aliphatic heterocycles. The normalized spacial score (nSPS) is 10.3. The maximum atomic E-state index is 11.2. The SMILES string of the molecule is CN(/N=C/c1ccccc1C(=O)O)c1nc(-c2ccccc2Cl)cs1.O=C(Cl)C(=O)Cl. The molecular weight excluding hydrogens is 485 g/mol. The summed E-state index contributed by atoms with van der Waals surface area (Å²) in [6.45, 7) is 0. The summed E-state index contributed by atoms with van der Waals surface area (Å²) in [6, 6.07) is 14.2. The number of hydrogen-bond donors (Lipinski definition) is 1. The first-order chi connectivity index (χ1) is 14.7. The third-order valence-corrected chi connectivity index (χ3v) is 5.31. The quantitative estimate of drug-likeness (QED) is 0.218. The number of rotatable bonds is 6. The fourth-order valence-corrected chi connectivity index (χ4v) is 3.19. The van der Waals surface area contributed by atoms with E-state index in [1.54, 1.807) is 36.3 Å². The van der Waals surface area contributed by atoms with Gasteiger partial charge in [0.15, 0.2) is 0 Å². The third-order valence-electron chi connectivity index (χ3n) is 3.63. The number of halogens is 3. The van der Waals surface area contributed by atoms with Crippen LogP contribution in [-0.4, -0.2) is 39.8 Å². The van der Waals surface area contributed by atoms with E-state index in [4.69, 9.17) is 11.6 Å². The second-order valence-corrected chi connectivity index (χ2v) is 7.63. The van der Waals surface area contributed by atoms with Gasteiger partial charge in [0.25, 0.3) is 0 Å². The van der Waals surface area contributed by atoms with E-state index in [1.165, 1.54) is 17.6 Å². The highest BCUT2D eigenvalue weighted by atomic mass is 35.5. The molecule has 0 spiro atoms. The van der Waals surface area contributed by atoms with Crippen molar-refractivity contribution in [3.8, 4) is 11.3 Å². The number of hydrazone groups is 1. The maximum Gasteiger partial charge on any atom is 0.336 e. The highest BCUT2D eigenvalue weighted by Crippen LogP contribution is 2.31. The number of carbonyl (C=O) groups excluding carboxylic acids is 2. The zero-order chi connectivity index (χ0) is 23.0. The second-order valence-electron chi connectivity index (χ2n) is 5.70. The van der Waals surface area contributed by atoms with Crippen LogP contribution in [0.4, 0.5) is 5.13 Å². The van der Waals surface area contributed by atoms with Crippen LogP contribution in [0.5, 0.6) is 0 Å². The number of thiazole rings is 1. The summed E-state index contributed by atoms with van der Waals surface area (Å²) >= 11 is 16.6. The Hall–Kier alpha value is -2.78. The smallest absolute Gasteiger partial charge is 0.336 e. The van der Waals surface area contributed by atoms with Crippen molar-refractivity contribution in [3.63, 3.8) is 0 Å². The van der Waals surface area contributed by atoms with Crippen molar-refractivity contribution in [2.75, 3.05) is 12.1 Å². The minimum atomic E-state index is -1.14. The fraction of sp³-hybridized carbons (Fsp3) is 0.0500. The molecule has 0 fully saturated rings. The number of carboxylic acids is 1. The van der Waals surface area contributed by atoms with Crippen molar-refractivity contribution in [1.82, 2.24) is 4.98 Å². The average molecular weight is 499 g/mol. The molecule has 0 unspecified atom stereocenters. The largest absolute Gasteiger partial charge is 0.478 e. The number of nitrogens with zero attached hydrogens (tertiary/aromatic N) is 3. The Bertz CT molecular complexity index is 1120. The van der Waals surface area contributed by atoms with Gasteiger partial charge in [-0.2, -0.15) is 5.10 Å². The Morgan fingerprint density at radius 2 is 1.68 bits per heavy atom. The monoisotopic (exact) mass is 497 g/mol. The first-order valence-electron chi connectivity index (χ1n) is 8.40. The highest BCUT2D eigenvalue weighted by molar-refractivity contribution is 7.14. The maximum absolute atomic E-state index is 11.2. The lowest BCUT2D eigenvalue weighted by molar-refractivity contribution is -0.127. The molecule has 0 saturated carbocycles. The van der Waals surface area contributed by atoms with Crippen LogP contribution in [0.3, 0.4) is 0 Å². The average Bonchev–Trinajstić information content (AvgIpc) is 3.23. The second kappa shape index (κ2) is 11.6. The van der Waals surface area contributed by atoms with Gasteiger partial charge in [0.05, 0.1) is 17.5 Å². The van der Waals surface area contributed by atoms with Crippen molar-refractivity contribution in [1.29, 1.82) is 0 Å². The minimum Gasteiger partial charge on any atom is -0.478 e. The molecule has 160 valence electrons. The van der Waals surface area contributed by atoms with Crippen molar-refractivity contribution in [2.24, 2.45) is 5.10 Å². The molecule has 3 aromatic rings. The topological polar surface area (TPSA) is 99.9 Å². The molecule has 1 heterocycles. The molecule has 31 heavy (non-hydrogen) atoms. The molecule has 3 rings (SSSR count). The van der Waals surface area contributed by atoms with E-state index >= 15 is 0 Å². The van der Waals surface area contributed by atoms with E-state index in [0.29, 0.717) is 15.7 Å². The molecule has 1 N–H and O–H groups in total. The van der Waals surface area contributed by atoms with Gasteiger partial charge in [-0.25, -0.2) is 14.8 Å². The zero-order valence-electron chi connectivity index (χ0n) is 15.8. The van der Waals surface area contributed by atoms with Crippen LogP contribution in [0.15, 0.2) is 59.0 Å². The number of aromatic carboxylic acids is 1. The number of carbonyl (C=O) groups is 3. The molecule has 7 nitrogen and oxygen atoms in total. The van der Waals surface area contributed by atoms with E-state index in [2.05, 4.69) is 33.3 Å². The standard InChI is InChI=1S/C18H14ClN3O2S.C2Cl2O2/c1-22(20-10-12-6-2-3-7-13(12)17(23)24)18-21-16(11-25-18)14-8-4-5-9-15(14)19;3-1(5)2(4)6/h2-11H,1H3,(H,23,24);/b20-10+;. The number of anilines is 1. The lowest BCUT2D eigenvalue weighted by atomic mass is 10.1. The van der Waals surface area contributed by atoms with Gasteiger partial charge in [-0.3, -0.25) is 9.59 Å². The summed E-state index contributed by atoms with van der Waals surface area (Å²) in [5.74, 6) is -0.986. The van der Waals surface area contributed by atoms with Crippen LogP contribution in [0.2, 0.25) is 5.02 Å². The Labute approximate surface area is 196 Å². The first-order valence-corrected chi connectivity index (χ1v) is 10.4. The molecule has 0 radical (unpaired) electrons. The summed E-state index contributed by atoms with van der Waals surface area (Å²) in [4.78, 5) is 34.6. The summed E-state index contributed by atoms with van der Waals surface area (Å²) < 4.78 is 0.